The van der Waals surface area contributed by atoms with Crippen molar-refractivity contribution in [2.75, 3.05) is 13.6 Å². The van der Waals surface area contributed by atoms with E-state index in [2.05, 4.69) is 44.0 Å². The second-order valence-electron chi connectivity index (χ2n) is 4.95. The van der Waals surface area contributed by atoms with Crippen molar-refractivity contribution in [3.8, 4) is 0 Å². The second-order valence-corrected chi connectivity index (χ2v) is 4.95. The lowest BCUT2D eigenvalue weighted by Gasteiger charge is -2.33. The van der Waals surface area contributed by atoms with Gasteiger partial charge in [0.05, 0.1) is 11.7 Å². The Morgan fingerprint density at radius 2 is 1.94 bits per heavy atom. The van der Waals surface area contributed by atoms with Crippen LogP contribution in [0.2, 0.25) is 0 Å². The van der Waals surface area contributed by atoms with E-state index in [9.17, 15) is 0 Å². The average molecular weight is 252 g/mol. The molecule has 0 bridgehead atoms. The number of aromatic nitrogens is 2. The van der Waals surface area contributed by atoms with E-state index in [0.29, 0.717) is 12.6 Å². The number of hydrogen-bond donors (Lipinski definition) is 1. The van der Waals surface area contributed by atoms with Crippen LogP contribution in [-0.4, -0.2) is 34.3 Å². The third-order valence-corrected chi connectivity index (χ3v) is 3.86. The SMILES string of the molecule is CCc1nn(C)cc1C(CN)N(C)C(CC)CC. The summed E-state index contributed by atoms with van der Waals surface area (Å²) in [6.45, 7) is 7.27. The van der Waals surface area contributed by atoms with Crippen molar-refractivity contribution in [3.63, 3.8) is 0 Å². The van der Waals surface area contributed by atoms with Gasteiger partial charge in [-0.15, -0.1) is 0 Å². The predicted molar refractivity (Wildman–Crippen MR) is 76.5 cm³/mol. The molecule has 0 amide bonds. The first-order valence-corrected chi connectivity index (χ1v) is 7.03. The van der Waals surface area contributed by atoms with Gasteiger partial charge in [0.15, 0.2) is 0 Å². The van der Waals surface area contributed by atoms with Crippen LogP contribution in [-0.2, 0) is 13.5 Å². The third kappa shape index (κ3) is 3.12. The molecule has 0 aromatic carbocycles. The lowest BCUT2D eigenvalue weighted by Crippen LogP contribution is -2.38. The molecule has 1 aromatic rings. The molecule has 0 aliphatic rings. The van der Waals surface area contributed by atoms with E-state index in [1.807, 2.05) is 11.7 Å². The van der Waals surface area contributed by atoms with Crippen molar-refractivity contribution in [1.29, 1.82) is 0 Å². The molecule has 0 saturated heterocycles. The van der Waals surface area contributed by atoms with Crippen molar-refractivity contribution >= 4 is 0 Å². The molecule has 0 aliphatic carbocycles. The molecule has 104 valence electrons. The molecular weight excluding hydrogens is 224 g/mol. The van der Waals surface area contributed by atoms with Crippen molar-refractivity contribution in [2.45, 2.75) is 52.1 Å². The summed E-state index contributed by atoms with van der Waals surface area (Å²) >= 11 is 0. The molecule has 1 atom stereocenters. The Bertz CT molecular complexity index is 355. The Hall–Kier alpha value is -0.870. The van der Waals surface area contributed by atoms with E-state index in [4.69, 9.17) is 5.73 Å². The molecule has 1 unspecified atom stereocenters. The van der Waals surface area contributed by atoms with Gasteiger partial charge in [0, 0.05) is 31.4 Å². The lowest BCUT2D eigenvalue weighted by atomic mass is 10.0. The molecule has 2 N–H and O–H groups in total. The van der Waals surface area contributed by atoms with Gasteiger partial charge in [-0.05, 0) is 26.3 Å². The highest BCUT2D eigenvalue weighted by Crippen LogP contribution is 2.25. The highest BCUT2D eigenvalue weighted by Gasteiger charge is 2.24. The zero-order valence-electron chi connectivity index (χ0n) is 12.5. The molecule has 0 spiro atoms. The summed E-state index contributed by atoms with van der Waals surface area (Å²) in [5.74, 6) is 0. The average Bonchev–Trinajstić information content (AvgIpc) is 2.73. The number of nitrogens with zero attached hydrogens (tertiary/aromatic N) is 3. The molecule has 1 rings (SSSR count). The van der Waals surface area contributed by atoms with Gasteiger partial charge >= 0.3 is 0 Å². The first-order chi connectivity index (χ1) is 8.58. The Morgan fingerprint density at radius 3 is 2.39 bits per heavy atom. The van der Waals surface area contributed by atoms with Crippen LogP contribution in [0, 0.1) is 0 Å². The summed E-state index contributed by atoms with van der Waals surface area (Å²) in [5, 5.41) is 4.53. The standard InChI is InChI=1S/C14H28N4/c1-6-11(7-2)18(5)14(9-15)12-10-17(4)16-13(12)8-3/h10-11,14H,6-9,15H2,1-5H3. The van der Waals surface area contributed by atoms with Gasteiger partial charge in [0.1, 0.15) is 0 Å². The van der Waals surface area contributed by atoms with Crippen LogP contribution in [0.1, 0.15) is 50.9 Å². The van der Waals surface area contributed by atoms with E-state index in [-0.39, 0.29) is 6.04 Å². The monoisotopic (exact) mass is 252 g/mol. The van der Waals surface area contributed by atoms with E-state index in [0.717, 1.165) is 19.3 Å². The molecular formula is C14H28N4. The Labute approximate surface area is 111 Å². The fourth-order valence-corrected chi connectivity index (χ4v) is 2.74. The minimum atomic E-state index is 0.276. The van der Waals surface area contributed by atoms with E-state index < -0.39 is 0 Å². The highest BCUT2D eigenvalue weighted by atomic mass is 15.3. The van der Waals surface area contributed by atoms with Gasteiger partial charge in [-0.2, -0.15) is 5.10 Å². The fourth-order valence-electron chi connectivity index (χ4n) is 2.74. The van der Waals surface area contributed by atoms with E-state index in [1.165, 1.54) is 11.3 Å². The lowest BCUT2D eigenvalue weighted by molar-refractivity contribution is 0.167. The van der Waals surface area contributed by atoms with Gasteiger partial charge in [-0.1, -0.05) is 20.8 Å². The molecule has 1 heterocycles. The number of rotatable bonds is 7. The van der Waals surface area contributed by atoms with Crippen molar-refractivity contribution in [2.24, 2.45) is 12.8 Å². The van der Waals surface area contributed by atoms with Gasteiger partial charge in [0.25, 0.3) is 0 Å². The van der Waals surface area contributed by atoms with Gasteiger partial charge in [-0.25, -0.2) is 0 Å². The minimum Gasteiger partial charge on any atom is -0.329 e. The largest absolute Gasteiger partial charge is 0.329 e. The second kappa shape index (κ2) is 6.90. The summed E-state index contributed by atoms with van der Waals surface area (Å²) in [6.07, 6.45) is 5.40. The summed E-state index contributed by atoms with van der Waals surface area (Å²) in [7, 11) is 4.16. The van der Waals surface area contributed by atoms with E-state index in [1.54, 1.807) is 0 Å². The molecule has 4 nitrogen and oxygen atoms in total. The molecule has 0 aliphatic heterocycles. The number of hydrogen-bond acceptors (Lipinski definition) is 3. The normalized spacial score (nSPS) is 13.6. The Balaban J connectivity index is 3.00. The quantitative estimate of drug-likeness (QED) is 0.808. The fraction of sp³-hybridized carbons (Fsp3) is 0.786. The van der Waals surface area contributed by atoms with Crippen LogP contribution in [0.3, 0.4) is 0 Å². The highest BCUT2D eigenvalue weighted by molar-refractivity contribution is 5.22. The van der Waals surface area contributed by atoms with Crippen molar-refractivity contribution < 1.29 is 0 Å². The number of nitrogens with two attached hydrogens (primary N) is 1. The summed E-state index contributed by atoms with van der Waals surface area (Å²) < 4.78 is 1.90. The molecule has 18 heavy (non-hydrogen) atoms. The molecule has 1 aromatic heterocycles. The van der Waals surface area contributed by atoms with Crippen molar-refractivity contribution in [1.82, 2.24) is 14.7 Å². The van der Waals surface area contributed by atoms with Crippen LogP contribution in [0.4, 0.5) is 0 Å². The zero-order chi connectivity index (χ0) is 13.7. The van der Waals surface area contributed by atoms with Gasteiger partial charge in [0.2, 0.25) is 0 Å². The molecule has 4 heteroatoms. The first kappa shape index (κ1) is 15.2. The topological polar surface area (TPSA) is 47.1 Å². The molecule has 0 radical (unpaired) electrons. The molecule has 0 saturated carbocycles. The third-order valence-electron chi connectivity index (χ3n) is 3.86. The summed E-state index contributed by atoms with van der Waals surface area (Å²) in [4.78, 5) is 2.41. The predicted octanol–water partition coefficient (Wildman–Crippen LogP) is 2.10. The summed E-state index contributed by atoms with van der Waals surface area (Å²) in [5.41, 5.74) is 8.47. The summed E-state index contributed by atoms with van der Waals surface area (Å²) in [6, 6.07) is 0.863. The van der Waals surface area contributed by atoms with Gasteiger partial charge < -0.3 is 5.73 Å². The zero-order valence-corrected chi connectivity index (χ0v) is 12.5. The number of aryl methyl sites for hydroxylation is 2. The van der Waals surface area contributed by atoms with Crippen LogP contribution in [0.5, 0.6) is 0 Å². The Kier molecular flexibility index (Phi) is 5.82. The maximum atomic E-state index is 6.01. The van der Waals surface area contributed by atoms with Crippen molar-refractivity contribution in [3.05, 3.63) is 17.5 Å². The minimum absolute atomic E-state index is 0.276. The maximum absolute atomic E-state index is 6.01. The smallest absolute Gasteiger partial charge is 0.0670 e. The Morgan fingerprint density at radius 1 is 1.33 bits per heavy atom. The maximum Gasteiger partial charge on any atom is 0.0670 e. The first-order valence-electron chi connectivity index (χ1n) is 7.03. The van der Waals surface area contributed by atoms with Crippen LogP contribution >= 0.6 is 0 Å². The van der Waals surface area contributed by atoms with E-state index >= 15 is 0 Å². The number of likely N-dealkylation sites (N-methyl/N-ethyl adjacent to an activating group) is 1. The van der Waals surface area contributed by atoms with Crippen LogP contribution in [0.25, 0.3) is 0 Å². The van der Waals surface area contributed by atoms with Crippen LogP contribution in [0.15, 0.2) is 6.20 Å². The van der Waals surface area contributed by atoms with Gasteiger partial charge in [-0.3, -0.25) is 9.58 Å². The molecule has 0 fully saturated rings. The van der Waals surface area contributed by atoms with Crippen LogP contribution < -0.4 is 5.73 Å².